The van der Waals surface area contributed by atoms with Gasteiger partial charge in [-0.1, -0.05) is 65.8 Å². The topological polar surface area (TPSA) is 72.6 Å². The summed E-state index contributed by atoms with van der Waals surface area (Å²) in [5.74, 6) is 0.327. The highest BCUT2D eigenvalue weighted by Gasteiger charge is 2.37. The summed E-state index contributed by atoms with van der Waals surface area (Å²) in [6.45, 7) is -0.00896. The average Bonchev–Trinajstić information content (AvgIpc) is 3.61. The lowest BCUT2D eigenvalue weighted by Crippen LogP contribution is -2.08. The number of hydrogen-bond donors (Lipinski definition) is 1. The Morgan fingerprint density at radius 2 is 1.64 bits per heavy atom. The van der Waals surface area contributed by atoms with Gasteiger partial charge in [0.05, 0.1) is 17.5 Å². The first-order valence-corrected chi connectivity index (χ1v) is 11.5. The number of hydrogen-bond acceptors (Lipinski definition) is 4. The summed E-state index contributed by atoms with van der Waals surface area (Å²) >= 11 is 0. The van der Waals surface area contributed by atoms with Crippen LogP contribution in [0.3, 0.4) is 0 Å². The van der Waals surface area contributed by atoms with Crippen LogP contribution in [0.2, 0.25) is 0 Å². The second-order valence-corrected chi connectivity index (χ2v) is 8.74. The maximum absolute atomic E-state index is 13.7. The third kappa shape index (κ3) is 4.98. The van der Waals surface area contributed by atoms with Gasteiger partial charge in [-0.15, -0.1) is 0 Å². The minimum absolute atomic E-state index is 0.00896. The molecule has 0 amide bonds. The molecule has 0 saturated heterocycles. The van der Waals surface area contributed by atoms with E-state index in [2.05, 4.69) is 5.16 Å². The van der Waals surface area contributed by atoms with Crippen molar-refractivity contribution in [3.05, 3.63) is 95.2 Å². The van der Waals surface area contributed by atoms with Crippen molar-refractivity contribution in [2.75, 3.05) is 0 Å². The normalized spacial score (nSPS) is 13.5. The first kappa shape index (κ1) is 23.7. The Morgan fingerprint density at radius 3 is 2.31 bits per heavy atom. The lowest BCUT2D eigenvalue weighted by molar-refractivity contribution is -0.137. The predicted octanol–water partition coefficient (Wildman–Crippen LogP) is 7.11. The van der Waals surface area contributed by atoms with E-state index in [1.54, 1.807) is 24.3 Å². The van der Waals surface area contributed by atoms with Crippen molar-refractivity contribution < 1.29 is 32.3 Å². The van der Waals surface area contributed by atoms with E-state index in [0.29, 0.717) is 22.6 Å². The standard InChI is InChI=1S/C28H22F3NO4/c29-28(30,31)23-7-3-1-6-21(23)26-22(27(36-32-26)19-13-14-19)16-35-24-8-4-2-5-20(24)18-11-9-17(10-12-18)15-25(33)34/h1-12,19H,13-16H2,(H,33,34). The molecule has 36 heavy (non-hydrogen) atoms. The van der Waals surface area contributed by atoms with Gasteiger partial charge in [0, 0.05) is 17.0 Å². The fraction of sp³-hybridized carbons (Fsp3) is 0.214. The van der Waals surface area contributed by atoms with Gasteiger partial charge in [0.2, 0.25) is 0 Å². The zero-order valence-electron chi connectivity index (χ0n) is 19.1. The molecule has 1 fully saturated rings. The van der Waals surface area contributed by atoms with E-state index in [1.165, 1.54) is 12.1 Å². The molecule has 3 aromatic carbocycles. The quantitative estimate of drug-likeness (QED) is 0.283. The smallest absolute Gasteiger partial charge is 0.417 e. The van der Waals surface area contributed by atoms with Crippen molar-refractivity contribution in [3.8, 4) is 28.1 Å². The summed E-state index contributed by atoms with van der Waals surface area (Å²) in [5, 5.41) is 13.0. The number of alkyl halides is 3. The number of carboxylic acid groups (broad SMARTS) is 1. The van der Waals surface area contributed by atoms with Gasteiger partial charge in [0.1, 0.15) is 23.8 Å². The number of rotatable bonds is 8. The van der Waals surface area contributed by atoms with Gasteiger partial charge in [-0.3, -0.25) is 4.79 Å². The van der Waals surface area contributed by atoms with Crippen LogP contribution >= 0.6 is 0 Å². The lowest BCUT2D eigenvalue weighted by Gasteiger charge is -2.14. The molecule has 8 heteroatoms. The Morgan fingerprint density at radius 1 is 0.972 bits per heavy atom. The van der Waals surface area contributed by atoms with Crippen molar-refractivity contribution >= 4 is 5.97 Å². The maximum Gasteiger partial charge on any atom is 0.417 e. The summed E-state index contributed by atoms with van der Waals surface area (Å²) in [5.41, 5.74) is 2.12. The Balaban J connectivity index is 1.47. The number of halogens is 3. The monoisotopic (exact) mass is 493 g/mol. The van der Waals surface area contributed by atoms with Crippen molar-refractivity contribution in [2.24, 2.45) is 0 Å². The number of para-hydroxylation sites is 1. The second-order valence-electron chi connectivity index (χ2n) is 8.74. The Hall–Kier alpha value is -4.07. The fourth-order valence-corrected chi connectivity index (χ4v) is 4.23. The number of benzene rings is 3. The van der Waals surface area contributed by atoms with Crippen LogP contribution in [0.15, 0.2) is 77.3 Å². The minimum Gasteiger partial charge on any atom is -0.488 e. The highest BCUT2D eigenvalue weighted by Crippen LogP contribution is 2.46. The van der Waals surface area contributed by atoms with E-state index in [0.717, 1.165) is 30.0 Å². The van der Waals surface area contributed by atoms with Crippen molar-refractivity contribution in [2.45, 2.75) is 38.0 Å². The zero-order chi connectivity index (χ0) is 25.3. The number of nitrogens with zero attached hydrogens (tertiary/aromatic N) is 1. The van der Waals surface area contributed by atoms with Crippen LogP contribution < -0.4 is 4.74 Å². The molecule has 1 N–H and O–H groups in total. The number of carboxylic acids is 1. The Bertz CT molecular complexity index is 1390. The number of carbonyl (C=O) groups is 1. The van der Waals surface area contributed by atoms with Gasteiger partial charge in [-0.05, 0) is 36.1 Å². The second kappa shape index (κ2) is 9.53. The summed E-state index contributed by atoms with van der Waals surface area (Å²) in [6.07, 6.45) is -2.82. The van der Waals surface area contributed by atoms with E-state index >= 15 is 0 Å². The molecule has 4 aromatic rings. The number of aliphatic carboxylic acids is 1. The molecule has 1 aromatic heterocycles. The van der Waals surface area contributed by atoms with Gasteiger partial charge >= 0.3 is 12.1 Å². The molecule has 0 aliphatic heterocycles. The van der Waals surface area contributed by atoms with E-state index < -0.39 is 17.7 Å². The molecular formula is C28H22F3NO4. The first-order valence-electron chi connectivity index (χ1n) is 11.5. The predicted molar refractivity (Wildman–Crippen MR) is 126 cm³/mol. The van der Waals surface area contributed by atoms with Crippen molar-refractivity contribution in [1.82, 2.24) is 5.16 Å². The molecule has 1 aliphatic rings. The van der Waals surface area contributed by atoms with Gasteiger partial charge < -0.3 is 14.4 Å². The molecule has 0 unspecified atom stereocenters. The molecule has 1 saturated carbocycles. The third-order valence-electron chi connectivity index (χ3n) is 6.13. The Kier molecular flexibility index (Phi) is 6.26. The zero-order valence-corrected chi connectivity index (χ0v) is 19.1. The van der Waals surface area contributed by atoms with Crippen molar-refractivity contribution in [1.29, 1.82) is 0 Å². The van der Waals surface area contributed by atoms with Gasteiger partial charge in [-0.25, -0.2) is 0 Å². The van der Waals surface area contributed by atoms with Crippen LogP contribution in [0, 0.1) is 0 Å². The summed E-state index contributed by atoms with van der Waals surface area (Å²) < 4.78 is 52.8. The first-order chi connectivity index (χ1) is 17.3. The maximum atomic E-state index is 13.7. The molecule has 1 aliphatic carbocycles. The number of aromatic nitrogens is 1. The molecule has 0 atom stereocenters. The molecule has 184 valence electrons. The lowest BCUT2D eigenvalue weighted by atomic mass is 9.99. The van der Waals surface area contributed by atoms with E-state index in [9.17, 15) is 18.0 Å². The van der Waals surface area contributed by atoms with Crippen LogP contribution in [-0.2, 0) is 24.0 Å². The van der Waals surface area contributed by atoms with E-state index in [4.69, 9.17) is 14.4 Å². The largest absolute Gasteiger partial charge is 0.488 e. The molecule has 0 bridgehead atoms. The van der Waals surface area contributed by atoms with Crippen LogP contribution in [-0.4, -0.2) is 16.2 Å². The third-order valence-corrected chi connectivity index (χ3v) is 6.13. The summed E-state index contributed by atoms with van der Waals surface area (Å²) in [4.78, 5) is 11.0. The van der Waals surface area contributed by atoms with Crippen molar-refractivity contribution in [3.63, 3.8) is 0 Å². The van der Waals surface area contributed by atoms with Crippen LogP contribution in [0.4, 0.5) is 13.2 Å². The SMILES string of the molecule is O=C(O)Cc1ccc(-c2ccccc2OCc2c(-c3ccccc3C(F)(F)F)noc2C2CC2)cc1. The molecule has 0 spiro atoms. The van der Waals surface area contributed by atoms with E-state index in [-0.39, 0.29) is 30.2 Å². The van der Waals surface area contributed by atoms with Gasteiger partial charge in [-0.2, -0.15) is 13.2 Å². The average molecular weight is 493 g/mol. The van der Waals surface area contributed by atoms with Crippen LogP contribution in [0.25, 0.3) is 22.4 Å². The van der Waals surface area contributed by atoms with E-state index in [1.807, 2.05) is 30.3 Å². The number of ether oxygens (including phenoxy) is 1. The molecule has 1 heterocycles. The van der Waals surface area contributed by atoms with Crippen LogP contribution in [0.5, 0.6) is 5.75 Å². The Labute approximate surface area is 205 Å². The molecule has 5 rings (SSSR count). The highest BCUT2D eigenvalue weighted by atomic mass is 19.4. The molecular weight excluding hydrogens is 471 g/mol. The highest BCUT2D eigenvalue weighted by molar-refractivity contribution is 5.73. The van der Waals surface area contributed by atoms with Gasteiger partial charge in [0.15, 0.2) is 0 Å². The van der Waals surface area contributed by atoms with Gasteiger partial charge in [0.25, 0.3) is 0 Å². The minimum atomic E-state index is -4.53. The molecule has 0 radical (unpaired) electrons. The fourth-order valence-electron chi connectivity index (χ4n) is 4.23. The summed E-state index contributed by atoms with van der Waals surface area (Å²) in [6, 6.07) is 19.8. The molecule has 5 nitrogen and oxygen atoms in total. The van der Waals surface area contributed by atoms with Crippen LogP contribution in [0.1, 0.15) is 41.2 Å². The summed E-state index contributed by atoms with van der Waals surface area (Å²) in [7, 11) is 0.